The zero-order valence-electron chi connectivity index (χ0n) is 10.2. The van der Waals surface area contributed by atoms with Crippen LogP contribution in [0, 0.1) is 10.1 Å². The number of benzene rings is 1. The molecule has 1 heterocycles. The van der Waals surface area contributed by atoms with Crippen LogP contribution in [0.4, 0.5) is 11.4 Å². The van der Waals surface area contributed by atoms with Crippen LogP contribution in [0.15, 0.2) is 29.3 Å². The van der Waals surface area contributed by atoms with E-state index < -0.39 is 4.92 Å². The van der Waals surface area contributed by atoms with Crippen molar-refractivity contribution in [3.8, 4) is 0 Å². The van der Waals surface area contributed by atoms with E-state index in [0.29, 0.717) is 18.7 Å². The van der Waals surface area contributed by atoms with Gasteiger partial charge in [0.25, 0.3) is 11.6 Å². The summed E-state index contributed by atoms with van der Waals surface area (Å²) in [6.45, 7) is 3.07. The highest BCUT2D eigenvalue weighted by Gasteiger charge is 2.20. The van der Waals surface area contributed by atoms with Gasteiger partial charge >= 0.3 is 0 Å². The standard InChI is InChI=1S/C12H12ClN3O3/c1-7(8-5-14-6-8)12(17)15-10-3-2-9(13)4-11(10)16(18)19/h2-4,14H,5-6H2,1H3,(H,15,17). The van der Waals surface area contributed by atoms with E-state index in [1.807, 2.05) is 0 Å². The van der Waals surface area contributed by atoms with Gasteiger partial charge in [0.2, 0.25) is 0 Å². The molecule has 0 radical (unpaired) electrons. The van der Waals surface area contributed by atoms with Crippen LogP contribution in [-0.4, -0.2) is 23.9 Å². The molecule has 6 nitrogen and oxygen atoms in total. The number of rotatable bonds is 3. The molecule has 0 aliphatic carbocycles. The van der Waals surface area contributed by atoms with Crippen LogP contribution in [0.3, 0.4) is 0 Å². The molecule has 0 spiro atoms. The van der Waals surface area contributed by atoms with Crippen molar-refractivity contribution in [2.24, 2.45) is 0 Å². The van der Waals surface area contributed by atoms with Crippen LogP contribution in [0.25, 0.3) is 0 Å². The quantitative estimate of drug-likeness (QED) is 0.505. The van der Waals surface area contributed by atoms with Crippen molar-refractivity contribution >= 4 is 28.9 Å². The van der Waals surface area contributed by atoms with Crippen molar-refractivity contribution < 1.29 is 9.72 Å². The second-order valence-corrected chi connectivity index (χ2v) is 4.64. The van der Waals surface area contributed by atoms with Gasteiger partial charge < -0.3 is 10.6 Å². The van der Waals surface area contributed by atoms with Crippen LogP contribution in [0.1, 0.15) is 6.92 Å². The van der Waals surface area contributed by atoms with Gasteiger partial charge in [-0.15, -0.1) is 0 Å². The normalized spacial score (nSPS) is 13.7. The molecule has 2 rings (SSSR count). The Morgan fingerprint density at radius 1 is 1.47 bits per heavy atom. The second kappa shape index (κ2) is 5.38. The van der Waals surface area contributed by atoms with Crippen LogP contribution in [0.5, 0.6) is 0 Å². The Hall–Kier alpha value is -1.92. The van der Waals surface area contributed by atoms with Gasteiger partial charge in [-0.3, -0.25) is 14.9 Å². The monoisotopic (exact) mass is 281 g/mol. The number of amides is 1. The van der Waals surface area contributed by atoms with Crippen molar-refractivity contribution in [3.05, 3.63) is 44.5 Å². The number of nitro groups is 1. The molecule has 0 saturated carbocycles. The van der Waals surface area contributed by atoms with Crippen molar-refractivity contribution in [1.29, 1.82) is 0 Å². The number of hydrogen-bond acceptors (Lipinski definition) is 4. The molecule has 0 unspecified atom stereocenters. The summed E-state index contributed by atoms with van der Waals surface area (Å²) in [5, 5.41) is 16.7. The summed E-state index contributed by atoms with van der Waals surface area (Å²) < 4.78 is 0. The Bertz CT molecular complexity index is 578. The number of hydrogen-bond donors (Lipinski definition) is 2. The Morgan fingerprint density at radius 2 is 2.16 bits per heavy atom. The molecule has 0 bridgehead atoms. The maximum absolute atomic E-state index is 12.0. The van der Waals surface area contributed by atoms with Crippen LogP contribution in [-0.2, 0) is 4.79 Å². The third kappa shape index (κ3) is 2.91. The Kier molecular flexibility index (Phi) is 3.82. The first kappa shape index (κ1) is 13.5. The molecule has 1 amide bonds. The molecule has 1 saturated heterocycles. The highest BCUT2D eigenvalue weighted by molar-refractivity contribution is 6.31. The zero-order valence-corrected chi connectivity index (χ0v) is 11.0. The Labute approximate surface area is 114 Å². The van der Waals surface area contributed by atoms with Crippen LogP contribution >= 0.6 is 11.6 Å². The summed E-state index contributed by atoms with van der Waals surface area (Å²) in [6.07, 6.45) is 0. The van der Waals surface area contributed by atoms with Gasteiger partial charge in [0, 0.05) is 29.8 Å². The zero-order chi connectivity index (χ0) is 14.0. The lowest BCUT2D eigenvalue weighted by molar-refractivity contribution is -0.383. The maximum Gasteiger partial charge on any atom is 0.294 e. The summed E-state index contributed by atoms with van der Waals surface area (Å²) in [7, 11) is 0. The molecule has 1 fully saturated rings. The molecule has 0 atom stereocenters. The number of nitro benzene ring substituents is 1. The Morgan fingerprint density at radius 3 is 2.68 bits per heavy atom. The van der Waals surface area contributed by atoms with Gasteiger partial charge in [-0.1, -0.05) is 11.6 Å². The molecule has 100 valence electrons. The first-order chi connectivity index (χ1) is 8.99. The molecule has 7 heteroatoms. The summed E-state index contributed by atoms with van der Waals surface area (Å²) in [4.78, 5) is 22.3. The van der Waals surface area contributed by atoms with Gasteiger partial charge in [0.15, 0.2) is 0 Å². The number of carbonyl (C=O) groups is 1. The van der Waals surface area contributed by atoms with Crippen molar-refractivity contribution in [3.63, 3.8) is 0 Å². The minimum Gasteiger partial charge on any atom is -0.317 e. The van der Waals surface area contributed by atoms with E-state index in [-0.39, 0.29) is 22.3 Å². The van der Waals surface area contributed by atoms with Crippen molar-refractivity contribution in [2.75, 3.05) is 18.4 Å². The molecular formula is C12H12ClN3O3. The highest BCUT2D eigenvalue weighted by atomic mass is 35.5. The molecule has 1 aliphatic heterocycles. The average molecular weight is 282 g/mol. The van der Waals surface area contributed by atoms with Gasteiger partial charge in [-0.25, -0.2) is 0 Å². The minimum atomic E-state index is -0.575. The van der Waals surface area contributed by atoms with E-state index in [2.05, 4.69) is 10.6 Å². The molecule has 1 aromatic carbocycles. The lowest BCUT2D eigenvalue weighted by Gasteiger charge is -2.21. The van der Waals surface area contributed by atoms with E-state index in [9.17, 15) is 14.9 Å². The summed E-state index contributed by atoms with van der Waals surface area (Å²) in [5.74, 6) is -0.332. The van der Waals surface area contributed by atoms with E-state index in [1.54, 1.807) is 6.92 Å². The smallest absolute Gasteiger partial charge is 0.294 e. The van der Waals surface area contributed by atoms with E-state index in [1.165, 1.54) is 18.2 Å². The maximum atomic E-state index is 12.0. The van der Waals surface area contributed by atoms with Gasteiger partial charge in [-0.2, -0.15) is 0 Å². The summed E-state index contributed by atoms with van der Waals surface area (Å²) in [6, 6.07) is 4.14. The van der Waals surface area contributed by atoms with Crippen molar-refractivity contribution in [2.45, 2.75) is 6.92 Å². The third-order valence-electron chi connectivity index (χ3n) is 2.95. The number of nitrogens with one attached hydrogen (secondary N) is 2. The molecule has 19 heavy (non-hydrogen) atoms. The average Bonchev–Trinajstić information content (AvgIpc) is 2.28. The lowest BCUT2D eigenvalue weighted by Crippen LogP contribution is -2.36. The van der Waals surface area contributed by atoms with Crippen molar-refractivity contribution in [1.82, 2.24) is 5.32 Å². The molecule has 0 aromatic heterocycles. The highest BCUT2D eigenvalue weighted by Crippen LogP contribution is 2.28. The molecule has 1 aromatic rings. The number of anilines is 1. The molecular weight excluding hydrogens is 270 g/mol. The summed E-state index contributed by atoms with van der Waals surface area (Å²) >= 11 is 5.71. The molecule has 2 N–H and O–H groups in total. The number of nitrogens with zero attached hydrogens (tertiary/aromatic N) is 1. The lowest BCUT2D eigenvalue weighted by atomic mass is 10.0. The fourth-order valence-electron chi connectivity index (χ4n) is 1.65. The SMILES string of the molecule is CC(C(=O)Nc1ccc(Cl)cc1[N+](=O)[O-])=C1CNC1. The largest absolute Gasteiger partial charge is 0.317 e. The fraction of sp³-hybridized carbons (Fsp3) is 0.250. The Balaban J connectivity index is 2.24. The van der Waals surface area contributed by atoms with Gasteiger partial charge in [0.05, 0.1) is 4.92 Å². The summed E-state index contributed by atoms with van der Waals surface area (Å²) in [5.41, 5.74) is 1.52. The van der Waals surface area contributed by atoms with Gasteiger partial charge in [-0.05, 0) is 24.6 Å². The second-order valence-electron chi connectivity index (χ2n) is 4.20. The van der Waals surface area contributed by atoms with E-state index in [0.717, 1.165) is 5.57 Å². The van der Waals surface area contributed by atoms with Crippen LogP contribution in [0.2, 0.25) is 5.02 Å². The van der Waals surface area contributed by atoms with E-state index >= 15 is 0 Å². The predicted molar refractivity (Wildman–Crippen MR) is 72.3 cm³/mol. The van der Waals surface area contributed by atoms with Crippen LogP contribution < -0.4 is 10.6 Å². The number of carbonyl (C=O) groups excluding carboxylic acids is 1. The van der Waals surface area contributed by atoms with Gasteiger partial charge in [0.1, 0.15) is 5.69 Å². The molecule has 1 aliphatic rings. The minimum absolute atomic E-state index is 0.145. The van der Waals surface area contributed by atoms with E-state index in [4.69, 9.17) is 11.6 Å². The first-order valence-corrected chi connectivity index (χ1v) is 6.01. The first-order valence-electron chi connectivity index (χ1n) is 5.63. The topological polar surface area (TPSA) is 84.3 Å². The number of halogens is 1. The predicted octanol–water partition coefficient (Wildman–Crippen LogP) is 2.11. The third-order valence-corrected chi connectivity index (χ3v) is 3.19. The fourth-order valence-corrected chi connectivity index (χ4v) is 1.82.